The number of hydrogen-bond donors (Lipinski definition) is 1. The van der Waals surface area contributed by atoms with Crippen LogP contribution in [0.1, 0.15) is 18.1 Å². The number of aromatic nitrogens is 1. The van der Waals surface area contributed by atoms with Gasteiger partial charge in [-0.25, -0.2) is 4.98 Å². The van der Waals surface area contributed by atoms with Crippen LogP contribution in [0.25, 0.3) is 0 Å². The van der Waals surface area contributed by atoms with Crippen molar-refractivity contribution in [2.45, 2.75) is 19.9 Å². The van der Waals surface area contributed by atoms with Crippen LogP contribution in [0.4, 0.5) is 5.82 Å². The minimum atomic E-state index is 0.826. The fourth-order valence-electron chi connectivity index (χ4n) is 1.51. The molecule has 0 aromatic carbocycles. The zero-order chi connectivity index (χ0) is 11.4. The van der Waals surface area contributed by atoms with Crippen LogP contribution in [-0.4, -0.2) is 4.98 Å². The van der Waals surface area contributed by atoms with Gasteiger partial charge in [0.25, 0.3) is 0 Å². The van der Waals surface area contributed by atoms with Crippen molar-refractivity contribution in [1.82, 2.24) is 4.98 Å². The van der Waals surface area contributed by atoms with E-state index in [1.807, 2.05) is 12.3 Å². The summed E-state index contributed by atoms with van der Waals surface area (Å²) < 4.78 is 1.17. The first-order valence-electron chi connectivity index (χ1n) is 5.20. The van der Waals surface area contributed by atoms with E-state index in [0.29, 0.717) is 0 Å². The number of nitrogens with zero attached hydrogens (tertiary/aromatic N) is 1. The molecule has 0 bridgehead atoms. The number of thiophene rings is 1. The van der Waals surface area contributed by atoms with Crippen molar-refractivity contribution < 1.29 is 0 Å². The van der Waals surface area contributed by atoms with Crippen LogP contribution in [-0.2, 0) is 13.0 Å². The lowest BCUT2D eigenvalue weighted by Gasteiger charge is -2.08. The minimum absolute atomic E-state index is 0.826. The smallest absolute Gasteiger partial charge is 0.129 e. The monoisotopic (exact) mass is 296 g/mol. The first-order valence-corrected chi connectivity index (χ1v) is 6.87. The van der Waals surface area contributed by atoms with Gasteiger partial charge in [-0.2, -0.15) is 0 Å². The van der Waals surface area contributed by atoms with E-state index in [9.17, 15) is 0 Å². The Balaban J connectivity index is 2.04. The second-order valence-corrected chi connectivity index (χ2v) is 5.77. The van der Waals surface area contributed by atoms with Gasteiger partial charge in [0.05, 0.1) is 3.79 Å². The maximum Gasteiger partial charge on any atom is 0.129 e. The van der Waals surface area contributed by atoms with E-state index in [-0.39, 0.29) is 0 Å². The number of rotatable bonds is 4. The molecule has 0 aliphatic carbocycles. The van der Waals surface area contributed by atoms with Crippen LogP contribution in [0.2, 0.25) is 0 Å². The SMILES string of the molecule is CCc1cccnc1NCc1csc(Br)c1. The molecular weight excluding hydrogens is 284 g/mol. The fraction of sp³-hybridized carbons (Fsp3) is 0.250. The molecule has 0 saturated heterocycles. The van der Waals surface area contributed by atoms with Gasteiger partial charge in [0.15, 0.2) is 0 Å². The summed E-state index contributed by atoms with van der Waals surface area (Å²) >= 11 is 5.17. The van der Waals surface area contributed by atoms with Gasteiger partial charge in [0.2, 0.25) is 0 Å². The highest BCUT2D eigenvalue weighted by Gasteiger charge is 2.01. The molecule has 0 atom stereocenters. The Morgan fingerprint density at radius 2 is 2.38 bits per heavy atom. The van der Waals surface area contributed by atoms with Gasteiger partial charge in [-0.05, 0) is 51.0 Å². The van der Waals surface area contributed by atoms with Crippen molar-refractivity contribution in [2.24, 2.45) is 0 Å². The van der Waals surface area contributed by atoms with Crippen molar-refractivity contribution in [1.29, 1.82) is 0 Å². The van der Waals surface area contributed by atoms with Crippen molar-refractivity contribution >= 4 is 33.1 Å². The van der Waals surface area contributed by atoms with Crippen LogP contribution >= 0.6 is 27.3 Å². The van der Waals surface area contributed by atoms with Crippen molar-refractivity contribution in [3.63, 3.8) is 0 Å². The first kappa shape index (κ1) is 11.6. The summed E-state index contributed by atoms with van der Waals surface area (Å²) in [6.45, 7) is 2.97. The third kappa shape index (κ3) is 2.83. The minimum Gasteiger partial charge on any atom is -0.366 e. The summed E-state index contributed by atoms with van der Waals surface area (Å²) in [5, 5.41) is 5.51. The topological polar surface area (TPSA) is 24.9 Å². The highest BCUT2D eigenvalue weighted by molar-refractivity contribution is 9.11. The van der Waals surface area contributed by atoms with E-state index in [1.54, 1.807) is 11.3 Å². The molecular formula is C12H13BrN2S. The molecule has 0 unspecified atom stereocenters. The number of anilines is 1. The Bertz CT molecular complexity index is 468. The predicted molar refractivity (Wildman–Crippen MR) is 73.0 cm³/mol. The van der Waals surface area contributed by atoms with Gasteiger partial charge in [0.1, 0.15) is 5.82 Å². The molecule has 0 aliphatic heterocycles. The second-order valence-electron chi connectivity index (χ2n) is 3.48. The van der Waals surface area contributed by atoms with Gasteiger partial charge in [0, 0.05) is 12.7 Å². The van der Waals surface area contributed by atoms with Crippen LogP contribution in [0.5, 0.6) is 0 Å². The summed E-state index contributed by atoms with van der Waals surface area (Å²) in [6, 6.07) is 6.22. The summed E-state index contributed by atoms with van der Waals surface area (Å²) in [5.41, 5.74) is 2.54. The summed E-state index contributed by atoms with van der Waals surface area (Å²) in [7, 11) is 0. The lowest BCUT2D eigenvalue weighted by Crippen LogP contribution is -2.03. The van der Waals surface area contributed by atoms with Crippen LogP contribution in [0.3, 0.4) is 0 Å². The summed E-state index contributed by atoms with van der Waals surface area (Å²) in [5.74, 6) is 0.993. The predicted octanol–water partition coefficient (Wildman–Crippen LogP) is 4.08. The van der Waals surface area contributed by atoms with Crippen molar-refractivity contribution in [3.05, 3.63) is 44.7 Å². The number of nitrogens with one attached hydrogen (secondary N) is 1. The first-order chi connectivity index (χ1) is 7.79. The van der Waals surface area contributed by atoms with E-state index in [2.05, 4.69) is 50.7 Å². The van der Waals surface area contributed by atoms with Gasteiger partial charge in [-0.3, -0.25) is 0 Å². The summed E-state index contributed by atoms with van der Waals surface area (Å²) in [4.78, 5) is 4.35. The highest BCUT2D eigenvalue weighted by Crippen LogP contribution is 2.21. The van der Waals surface area contributed by atoms with Gasteiger partial charge < -0.3 is 5.32 Å². The Morgan fingerprint density at radius 1 is 1.50 bits per heavy atom. The molecule has 0 amide bonds. The van der Waals surface area contributed by atoms with Crippen molar-refractivity contribution in [2.75, 3.05) is 5.32 Å². The van der Waals surface area contributed by atoms with Crippen LogP contribution < -0.4 is 5.32 Å². The molecule has 2 heterocycles. The average Bonchev–Trinajstić information content (AvgIpc) is 2.73. The standard InChI is InChI=1S/C12H13BrN2S/c1-2-10-4-3-5-14-12(10)15-7-9-6-11(13)16-8-9/h3-6,8H,2,7H2,1H3,(H,14,15). The highest BCUT2D eigenvalue weighted by atomic mass is 79.9. The Kier molecular flexibility index (Phi) is 3.96. The molecule has 16 heavy (non-hydrogen) atoms. The van der Waals surface area contributed by atoms with E-state index < -0.39 is 0 Å². The van der Waals surface area contributed by atoms with Crippen molar-refractivity contribution in [3.8, 4) is 0 Å². The molecule has 0 radical (unpaired) electrons. The molecule has 4 heteroatoms. The second kappa shape index (κ2) is 5.46. The zero-order valence-electron chi connectivity index (χ0n) is 9.03. The van der Waals surface area contributed by atoms with E-state index in [0.717, 1.165) is 18.8 Å². The Hall–Kier alpha value is -0.870. The largest absolute Gasteiger partial charge is 0.366 e. The summed E-state index contributed by atoms with van der Waals surface area (Å²) in [6.07, 6.45) is 2.83. The molecule has 2 aromatic heterocycles. The number of pyridine rings is 1. The number of halogens is 1. The Labute approximate surface area is 108 Å². The van der Waals surface area contributed by atoms with Gasteiger partial charge in [-0.1, -0.05) is 13.0 Å². The third-order valence-corrected chi connectivity index (χ3v) is 3.91. The number of aryl methyl sites for hydroxylation is 1. The van der Waals surface area contributed by atoms with Gasteiger partial charge >= 0.3 is 0 Å². The fourth-order valence-corrected chi connectivity index (χ4v) is 2.72. The van der Waals surface area contributed by atoms with E-state index >= 15 is 0 Å². The quantitative estimate of drug-likeness (QED) is 0.919. The van der Waals surface area contributed by atoms with Crippen LogP contribution in [0, 0.1) is 0 Å². The maximum absolute atomic E-state index is 4.35. The van der Waals surface area contributed by atoms with E-state index in [1.165, 1.54) is 14.9 Å². The molecule has 84 valence electrons. The number of hydrogen-bond acceptors (Lipinski definition) is 3. The molecule has 0 fully saturated rings. The van der Waals surface area contributed by atoms with Gasteiger partial charge in [-0.15, -0.1) is 11.3 Å². The molecule has 0 aliphatic rings. The molecule has 2 nitrogen and oxygen atoms in total. The lowest BCUT2D eigenvalue weighted by molar-refractivity contribution is 1.05. The average molecular weight is 297 g/mol. The Morgan fingerprint density at radius 3 is 3.06 bits per heavy atom. The zero-order valence-corrected chi connectivity index (χ0v) is 11.4. The normalized spacial score (nSPS) is 10.4. The maximum atomic E-state index is 4.35. The van der Waals surface area contributed by atoms with Crippen LogP contribution in [0.15, 0.2) is 33.6 Å². The third-order valence-electron chi connectivity index (χ3n) is 2.35. The van der Waals surface area contributed by atoms with E-state index in [4.69, 9.17) is 0 Å². The molecule has 2 rings (SSSR count). The molecule has 2 aromatic rings. The molecule has 1 N–H and O–H groups in total. The lowest BCUT2D eigenvalue weighted by atomic mass is 10.2. The molecule has 0 spiro atoms. The molecule has 0 saturated carbocycles.